The number of carbonyl (C=O) groups is 1. The predicted octanol–water partition coefficient (Wildman–Crippen LogP) is 3.61. The van der Waals surface area contributed by atoms with Gasteiger partial charge in [-0.15, -0.1) is 0 Å². The molecule has 0 saturated carbocycles. The van der Waals surface area contributed by atoms with Crippen LogP contribution in [0.5, 0.6) is 0 Å². The van der Waals surface area contributed by atoms with Gasteiger partial charge in [-0.25, -0.2) is 0 Å². The van der Waals surface area contributed by atoms with Crippen LogP contribution in [0.2, 0.25) is 0 Å². The van der Waals surface area contributed by atoms with Crippen molar-refractivity contribution in [3.8, 4) is 0 Å². The highest BCUT2D eigenvalue weighted by molar-refractivity contribution is 5.92. The number of rotatable bonds is 7. The fraction of sp³-hybridized carbons (Fsp3) is 0.435. The number of hydrogen-bond donors (Lipinski definition) is 1. The van der Waals surface area contributed by atoms with Gasteiger partial charge in [0.05, 0.1) is 6.54 Å². The second-order valence-electron chi connectivity index (χ2n) is 7.68. The first-order chi connectivity index (χ1) is 13.1. The summed E-state index contributed by atoms with van der Waals surface area (Å²) in [6, 6.07) is 18.8. The van der Waals surface area contributed by atoms with Gasteiger partial charge in [-0.3, -0.25) is 9.69 Å². The molecule has 1 heterocycles. The molecule has 4 nitrogen and oxygen atoms in total. The Kier molecular flexibility index (Phi) is 7.02. The molecule has 1 N–H and O–H groups in total. The molecule has 0 spiro atoms. The molecule has 1 aliphatic heterocycles. The molecule has 0 aliphatic carbocycles. The van der Waals surface area contributed by atoms with Crippen molar-refractivity contribution < 1.29 is 4.79 Å². The van der Waals surface area contributed by atoms with Gasteiger partial charge >= 0.3 is 0 Å². The number of hydrogen-bond acceptors (Lipinski definition) is 3. The lowest BCUT2D eigenvalue weighted by atomic mass is 10.0. The molecule has 2 aromatic rings. The zero-order chi connectivity index (χ0) is 19.1. The topological polar surface area (TPSA) is 35.6 Å². The fourth-order valence-corrected chi connectivity index (χ4v) is 3.46. The number of piperazine rings is 1. The molecule has 0 aromatic heterocycles. The summed E-state index contributed by atoms with van der Waals surface area (Å²) < 4.78 is 0. The zero-order valence-corrected chi connectivity index (χ0v) is 16.5. The Labute approximate surface area is 163 Å². The highest BCUT2D eigenvalue weighted by atomic mass is 16.2. The smallest absolute Gasteiger partial charge is 0.238 e. The Morgan fingerprint density at radius 1 is 0.926 bits per heavy atom. The Bertz CT molecular complexity index is 704. The largest absolute Gasteiger partial charge is 0.325 e. The number of amides is 1. The molecule has 1 amide bonds. The van der Waals surface area contributed by atoms with Gasteiger partial charge in [-0.2, -0.15) is 0 Å². The van der Waals surface area contributed by atoms with E-state index in [0.29, 0.717) is 12.5 Å². The van der Waals surface area contributed by atoms with Crippen LogP contribution in [0.4, 0.5) is 5.69 Å². The summed E-state index contributed by atoms with van der Waals surface area (Å²) in [5, 5.41) is 3.02. The van der Waals surface area contributed by atoms with Crippen molar-refractivity contribution in [1.29, 1.82) is 0 Å². The molecule has 2 aromatic carbocycles. The molecule has 1 fully saturated rings. The molecule has 144 valence electrons. The van der Waals surface area contributed by atoms with Gasteiger partial charge in [0.25, 0.3) is 0 Å². The molecule has 3 rings (SSSR count). The summed E-state index contributed by atoms with van der Waals surface area (Å²) >= 11 is 0. The van der Waals surface area contributed by atoms with Crippen LogP contribution >= 0.6 is 0 Å². The van der Waals surface area contributed by atoms with Gasteiger partial charge in [0.2, 0.25) is 5.91 Å². The second-order valence-corrected chi connectivity index (χ2v) is 7.68. The first-order valence-electron chi connectivity index (χ1n) is 9.98. The highest BCUT2D eigenvalue weighted by Gasteiger charge is 2.18. The van der Waals surface area contributed by atoms with Crippen LogP contribution in [0.15, 0.2) is 54.6 Å². The average Bonchev–Trinajstić information content (AvgIpc) is 2.68. The van der Waals surface area contributed by atoms with Crippen molar-refractivity contribution in [2.24, 2.45) is 0 Å². The Morgan fingerprint density at radius 3 is 2.19 bits per heavy atom. The third kappa shape index (κ3) is 6.19. The number of carbonyl (C=O) groups excluding carboxylic acids is 1. The standard InChI is InChI=1S/C23H31N3O/c1-19(2)21-8-10-22(11-9-21)24-23(27)18-26-16-14-25(15-17-26)13-12-20-6-4-3-5-7-20/h3-11,19H,12-18H2,1-2H3,(H,24,27). The molecular formula is C23H31N3O. The lowest BCUT2D eigenvalue weighted by molar-refractivity contribution is -0.117. The Balaban J connectivity index is 1.37. The summed E-state index contributed by atoms with van der Waals surface area (Å²) in [4.78, 5) is 17.1. The van der Waals surface area contributed by atoms with Crippen molar-refractivity contribution >= 4 is 11.6 Å². The van der Waals surface area contributed by atoms with Crippen molar-refractivity contribution in [3.63, 3.8) is 0 Å². The summed E-state index contributed by atoms with van der Waals surface area (Å²) in [7, 11) is 0. The minimum Gasteiger partial charge on any atom is -0.325 e. The third-order valence-electron chi connectivity index (χ3n) is 5.25. The molecule has 0 atom stereocenters. The van der Waals surface area contributed by atoms with E-state index in [-0.39, 0.29) is 5.91 Å². The van der Waals surface area contributed by atoms with Crippen LogP contribution < -0.4 is 5.32 Å². The van der Waals surface area contributed by atoms with E-state index in [2.05, 4.69) is 71.4 Å². The number of nitrogens with one attached hydrogen (secondary N) is 1. The van der Waals surface area contributed by atoms with Crippen LogP contribution in [0.25, 0.3) is 0 Å². The summed E-state index contributed by atoms with van der Waals surface area (Å²) in [6.45, 7) is 9.88. The summed E-state index contributed by atoms with van der Waals surface area (Å²) in [6.07, 6.45) is 1.09. The van der Waals surface area contributed by atoms with E-state index in [1.54, 1.807) is 0 Å². The van der Waals surface area contributed by atoms with E-state index in [1.165, 1.54) is 11.1 Å². The van der Waals surface area contributed by atoms with Gasteiger partial charge in [-0.05, 0) is 35.6 Å². The van der Waals surface area contributed by atoms with Crippen molar-refractivity contribution in [1.82, 2.24) is 9.80 Å². The van der Waals surface area contributed by atoms with Crippen LogP contribution in [0, 0.1) is 0 Å². The number of anilines is 1. The minimum absolute atomic E-state index is 0.0741. The van der Waals surface area contributed by atoms with Crippen molar-refractivity contribution in [2.75, 3.05) is 44.6 Å². The van der Waals surface area contributed by atoms with Gasteiger partial charge in [0.1, 0.15) is 0 Å². The first-order valence-corrected chi connectivity index (χ1v) is 9.98. The van der Waals surface area contributed by atoms with E-state index in [1.807, 2.05) is 12.1 Å². The molecular weight excluding hydrogens is 334 g/mol. The number of nitrogens with zero attached hydrogens (tertiary/aromatic N) is 2. The normalized spacial score (nSPS) is 15.8. The van der Waals surface area contributed by atoms with Crippen molar-refractivity contribution in [2.45, 2.75) is 26.2 Å². The number of benzene rings is 2. The van der Waals surface area contributed by atoms with Crippen LogP contribution in [-0.2, 0) is 11.2 Å². The lowest BCUT2D eigenvalue weighted by Crippen LogP contribution is -2.49. The maximum absolute atomic E-state index is 12.3. The molecule has 4 heteroatoms. The maximum atomic E-state index is 12.3. The Morgan fingerprint density at radius 2 is 1.56 bits per heavy atom. The Hall–Kier alpha value is -2.17. The summed E-state index contributed by atoms with van der Waals surface area (Å²) in [5.41, 5.74) is 3.56. The first kappa shape index (κ1) is 19.6. The molecule has 0 radical (unpaired) electrons. The molecule has 1 saturated heterocycles. The lowest BCUT2D eigenvalue weighted by Gasteiger charge is -2.34. The monoisotopic (exact) mass is 365 g/mol. The zero-order valence-electron chi connectivity index (χ0n) is 16.5. The quantitative estimate of drug-likeness (QED) is 0.814. The predicted molar refractivity (Wildman–Crippen MR) is 112 cm³/mol. The van der Waals surface area contributed by atoms with E-state index in [9.17, 15) is 4.79 Å². The second kappa shape index (κ2) is 9.67. The van der Waals surface area contributed by atoms with Crippen LogP contribution in [0.1, 0.15) is 30.9 Å². The van der Waals surface area contributed by atoms with E-state index in [0.717, 1.165) is 44.8 Å². The SMILES string of the molecule is CC(C)c1ccc(NC(=O)CN2CCN(CCc3ccccc3)CC2)cc1. The van der Waals surface area contributed by atoms with Gasteiger partial charge in [0, 0.05) is 38.4 Å². The molecule has 1 aliphatic rings. The minimum atomic E-state index is 0.0741. The van der Waals surface area contributed by atoms with Crippen LogP contribution in [0.3, 0.4) is 0 Å². The maximum Gasteiger partial charge on any atom is 0.238 e. The average molecular weight is 366 g/mol. The summed E-state index contributed by atoms with van der Waals surface area (Å²) in [5.74, 6) is 0.581. The van der Waals surface area contributed by atoms with E-state index >= 15 is 0 Å². The van der Waals surface area contributed by atoms with Crippen molar-refractivity contribution in [3.05, 3.63) is 65.7 Å². The van der Waals surface area contributed by atoms with Crippen LogP contribution in [-0.4, -0.2) is 55.0 Å². The van der Waals surface area contributed by atoms with E-state index < -0.39 is 0 Å². The van der Waals surface area contributed by atoms with Gasteiger partial charge in [-0.1, -0.05) is 56.3 Å². The molecule has 27 heavy (non-hydrogen) atoms. The highest BCUT2D eigenvalue weighted by Crippen LogP contribution is 2.17. The van der Waals surface area contributed by atoms with Gasteiger partial charge < -0.3 is 10.2 Å². The molecule has 0 unspecified atom stereocenters. The molecule has 0 bridgehead atoms. The third-order valence-corrected chi connectivity index (χ3v) is 5.25. The van der Waals surface area contributed by atoms with Gasteiger partial charge in [0.15, 0.2) is 0 Å². The fourth-order valence-electron chi connectivity index (χ4n) is 3.46. The van der Waals surface area contributed by atoms with E-state index in [4.69, 9.17) is 0 Å².